The smallest absolute Gasteiger partial charge is 0.462 e. The summed E-state index contributed by atoms with van der Waals surface area (Å²) in [4.78, 5) is 72.3. The minimum absolute atomic E-state index is 0.102. The zero-order chi connectivity index (χ0) is 63.9. The topological polar surface area (TPSA) is 237 Å². The van der Waals surface area contributed by atoms with Crippen molar-refractivity contribution in [2.45, 2.75) is 343 Å². The predicted molar refractivity (Wildman–Crippen MR) is 344 cm³/mol. The van der Waals surface area contributed by atoms with Crippen LogP contribution in [0.1, 0.15) is 325 Å². The Bertz CT molecular complexity index is 1720. The van der Waals surface area contributed by atoms with Gasteiger partial charge in [0.2, 0.25) is 0 Å². The summed E-state index contributed by atoms with van der Waals surface area (Å²) in [5.41, 5.74) is 0. The number of phosphoric ester groups is 2. The van der Waals surface area contributed by atoms with Gasteiger partial charge in [-0.15, -0.1) is 0 Å². The van der Waals surface area contributed by atoms with Crippen molar-refractivity contribution in [2.75, 3.05) is 39.6 Å². The van der Waals surface area contributed by atoms with Crippen LogP contribution in [0.4, 0.5) is 0 Å². The number of esters is 4. The summed E-state index contributed by atoms with van der Waals surface area (Å²) >= 11 is 0. The third-order valence-corrected chi connectivity index (χ3v) is 17.6. The van der Waals surface area contributed by atoms with Crippen LogP contribution in [-0.2, 0) is 65.4 Å². The lowest BCUT2D eigenvalue weighted by atomic mass is 10.00. The number of hydrogen-bond donors (Lipinski definition) is 3. The molecule has 3 N–H and O–H groups in total. The van der Waals surface area contributed by atoms with E-state index >= 15 is 0 Å². The highest BCUT2D eigenvalue weighted by molar-refractivity contribution is 7.47. The van der Waals surface area contributed by atoms with E-state index in [0.29, 0.717) is 37.5 Å². The molecule has 510 valence electrons. The molecule has 0 amide bonds. The molecule has 0 heterocycles. The van der Waals surface area contributed by atoms with E-state index in [2.05, 4.69) is 55.4 Å². The van der Waals surface area contributed by atoms with Gasteiger partial charge in [-0.1, -0.05) is 274 Å². The Balaban J connectivity index is 5.23. The van der Waals surface area contributed by atoms with Crippen LogP contribution in [0.15, 0.2) is 0 Å². The summed E-state index contributed by atoms with van der Waals surface area (Å²) in [5.74, 6) is 0.781. The molecule has 0 saturated carbocycles. The molecule has 0 rings (SSSR count). The number of aliphatic hydroxyl groups excluding tert-OH is 1. The van der Waals surface area contributed by atoms with Crippen molar-refractivity contribution in [2.24, 2.45) is 23.7 Å². The van der Waals surface area contributed by atoms with Gasteiger partial charge in [0.1, 0.15) is 19.3 Å². The van der Waals surface area contributed by atoms with Crippen LogP contribution in [-0.4, -0.2) is 96.7 Å². The lowest BCUT2D eigenvalue weighted by Gasteiger charge is -2.21. The van der Waals surface area contributed by atoms with Crippen LogP contribution >= 0.6 is 15.6 Å². The van der Waals surface area contributed by atoms with Gasteiger partial charge in [-0.3, -0.25) is 37.3 Å². The molecule has 0 fully saturated rings. The van der Waals surface area contributed by atoms with Crippen LogP contribution < -0.4 is 0 Å². The molecule has 0 aromatic heterocycles. The Hall–Kier alpha value is -1.94. The fourth-order valence-electron chi connectivity index (χ4n) is 9.93. The summed E-state index contributed by atoms with van der Waals surface area (Å²) in [6, 6.07) is 0. The third-order valence-electron chi connectivity index (χ3n) is 15.7. The normalized spacial score (nSPS) is 14.7. The van der Waals surface area contributed by atoms with Crippen molar-refractivity contribution < 1.29 is 80.2 Å². The van der Waals surface area contributed by atoms with Gasteiger partial charge in [-0.05, 0) is 49.4 Å². The lowest BCUT2D eigenvalue weighted by molar-refractivity contribution is -0.161. The molecule has 0 aliphatic heterocycles. The van der Waals surface area contributed by atoms with E-state index in [1.54, 1.807) is 0 Å². The Morgan fingerprint density at radius 3 is 0.826 bits per heavy atom. The number of carbonyl (C=O) groups excluding carboxylic acids is 4. The number of aliphatic hydroxyl groups is 1. The van der Waals surface area contributed by atoms with Gasteiger partial charge in [-0.2, -0.15) is 0 Å². The third kappa shape index (κ3) is 59.7. The number of carbonyl (C=O) groups is 4. The summed E-state index contributed by atoms with van der Waals surface area (Å²) in [6.45, 7) is 14.0. The van der Waals surface area contributed by atoms with E-state index in [1.165, 1.54) is 116 Å². The van der Waals surface area contributed by atoms with Crippen molar-refractivity contribution in [1.82, 2.24) is 0 Å². The molecule has 4 unspecified atom stereocenters. The molecule has 0 spiro atoms. The maximum atomic E-state index is 13.0. The summed E-state index contributed by atoms with van der Waals surface area (Å²) in [5, 5.41) is 10.6. The van der Waals surface area contributed by atoms with Crippen LogP contribution in [0.5, 0.6) is 0 Å². The van der Waals surface area contributed by atoms with Gasteiger partial charge in [0.15, 0.2) is 12.2 Å². The first-order valence-corrected chi connectivity index (χ1v) is 37.7. The van der Waals surface area contributed by atoms with Gasteiger partial charge in [0.25, 0.3) is 0 Å². The molecule has 0 bridgehead atoms. The second-order valence-electron chi connectivity index (χ2n) is 25.9. The molecule has 17 nitrogen and oxygen atoms in total. The van der Waals surface area contributed by atoms with Crippen LogP contribution in [0.2, 0.25) is 0 Å². The molecule has 0 aromatic carbocycles. The molecular weight excluding hydrogens is 1140 g/mol. The van der Waals surface area contributed by atoms with Gasteiger partial charge in [-0.25, -0.2) is 9.13 Å². The average molecular weight is 1270 g/mol. The molecular formula is C67H130O17P2. The summed E-state index contributed by atoms with van der Waals surface area (Å²) < 4.78 is 68.1. The SMILES string of the molecule is CCC(C)CCCCCCCCC(=O)OC[C@H](COP(=O)(O)OCC(O)COP(=O)(O)OC[C@@H](COC(=O)CCCCCCCCCC(C)C)OC(=O)CCCCCCCCCCCCCCCC(C)C)OC(=O)CCCCCCCCCC(C)C. The Labute approximate surface area is 524 Å². The molecule has 0 radical (unpaired) electrons. The summed E-state index contributed by atoms with van der Waals surface area (Å²) in [6.07, 6.45) is 37.8. The Morgan fingerprint density at radius 1 is 0.326 bits per heavy atom. The fourth-order valence-corrected chi connectivity index (χ4v) is 11.5. The molecule has 0 aliphatic rings. The van der Waals surface area contributed by atoms with Crippen molar-refractivity contribution >= 4 is 39.5 Å². The second kappa shape index (κ2) is 57.0. The fraction of sp³-hybridized carbons (Fsp3) is 0.940. The first kappa shape index (κ1) is 84.1. The van der Waals surface area contributed by atoms with Crippen LogP contribution in [0.25, 0.3) is 0 Å². The molecule has 6 atom stereocenters. The first-order chi connectivity index (χ1) is 41.1. The second-order valence-corrected chi connectivity index (χ2v) is 28.8. The molecule has 0 aliphatic carbocycles. The molecule has 86 heavy (non-hydrogen) atoms. The average Bonchev–Trinajstić information content (AvgIpc) is 3.66. The van der Waals surface area contributed by atoms with Gasteiger partial charge < -0.3 is 33.8 Å². The van der Waals surface area contributed by atoms with E-state index in [4.69, 9.17) is 37.0 Å². The van der Waals surface area contributed by atoms with Crippen molar-refractivity contribution in [1.29, 1.82) is 0 Å². The lowest BCUT2D eigenvalue weighted by Crippen LogP contribution is -2.30. The molecule has 19 heteroatoms. The highest BCUT2D eigenvalue weighted by atomic mass is 31.2. The zero-order valence-corrected chi connectivity index (χ0v) is 57.7. The number of unbranched alkanes of at least 4 members (excludes halogenated alkanes) is 29. The zero-order valence-electron chi connectivity index (χ0n) is 55.9. The van der Waals surface area contributed by atoms with E-state index in [-0.39, 0.29) is 25.7 Å². The first-order valence-electron chi connectivity index (χ1n) is 34.7. The van der Waals surface area contributed by atoms with Crippen LogP contribution in [0.3, 0.4) is 0 Å². The number of phosphoric acid groups is 2. The van der Waals surface area contributed by atoms with E-state index in [9.17, 15) is 43.2 Å². The Kier molecular flexibility index (Phi) is 55.7. The maximum Gasteiger partial charge on any atom is 0.472 e. The van der Waals surface area contributed by atoms with Gasteiger partial charge in [0, 0.05) is 25.7 Å². The minimum Gasteiger partial charge on any atom is -0.462 e. The monoisotopic (exact) mass is 1270 g/mol. The number of hydrogen-bond acceptors (Lipinski definition) is 15. The van der Waals surface area contributed by atoms with Crippen molar-refractivity contribution in [3.63, 3.8) is 0 Å². The van der Waals surface area contributed by atoms with E-state index in [1.807, 2.05) is 0 Å². The van der Waals surface area contributed by atoms with Crippen LogP contribution in [0, 0.1) is 23.7 Å². The highest BCUT2D eigenvalue weighted by Crippen LogP contribution is 2.45. The number of ether oxygens (including phenoxy) is 4. The van der Waals surface area contributed by atoms with E-state index in [0.717, 1.165) is 115 Å². The Morgan fingerprint density at radius 2 is 0.558 bits per heavy atom. The predicted octanol–water partition coefficient (Wildman–Crippen LogP) is 18.5. The van der Waals surface area contributed by atoms with Crippen molar-refractivity contribution in [3.8, 4) is 0 Å². The number of rotatable bonds is 64. The largest absolute Gasteiger partial charge is 0.472 e. The quantitative estimate of drug-likeness (QED) is 0.0222. The molecule has 0 aromatic rings. The summed E-state index contributed by atoms with van der Waals surface area (Å²) in [7, 11) is -9.90. The highest BCUT2D eigenvalue weighted by Gasteiger charge is 2.30. The van der Waals surface area contributed by atoms with Gasteiger partial charge >= 0.3 is 39.5 Å². The maximum absolute atomic E-state index is 13.0. The van der Waals surface area contributed by atoms with E-state index < -0.39 is 97.5 Å². The molecule has 0 saturated heterocycles. The standard InChI is InChI=1S/C67H130O17P2/c1-9-60(8)46-38-30-25-26-32-40-48-65(70)78-54-63(84-67(72)50-42-34-24-18-21-29-37-45-59(6)7)56-82-86(75,76)80-52-61(68)51-79-85(73,74)81-55-62(53-77-64(69)47-39-31-23-17-20-28-36-44-58(4)5)83-66(71)49-41-33-22-16-14-12-10-11-13-15-19-27-35-43-57(2)3/h57-63,68H,9-56H2,1-8H3,(H,73,74)(H,75,76)/t60?,61?,62-,63-/m1/s1. The van der Waals surface area contributed by atoms with Gasteiger partial charge in [0.05, 0.1) is 26.4 Å². The minimum atomic E-state index is -4.95. The van der Waals surface area contributed by atoms with Crippen molar-refractivity contribution in [3.05, 3.63) is 0 Å².